The molecule has 13 heteroatoms. The molecule has 52 heavy (non-hydrogen) atoms. The Labute approximate surface area is 302 Å². The average molecular weight is 715 g/mol. The van der Waals surface area contributed by atoms with E-state index in [1.54, 1.807) is 13.3 Å². The molecule has 2 fully saturated rings. The summed E-state index contributed by atoms with van der Waals surface area (Å²) in [5, 5.41) is 16.6. The van der Waals surface area contributed by atoms with Crippen molar-refractivity contribution in [3.05, 3.63) is 71.9 Å². The Kier molecular flexibility index (Phi) is 9.06. The minimum atomic E-state index is -2.30. The van der Waals surface area contributed by atoms with Gasteiger partial charge in [-0.2, -0.15) is 0 Å². The number of nitrogens with one attached hydrogen (secondary N) is 2. The van der Waals surface area contributed by atoms with E-state index in [1.807, 2.05) is 73.5 Å². The van der Waals surface area contributed by atoms with Crippen molar-refractivity contribution in [2.24, 2.45) is 5.41 Å². The Morgan fingerprint density at radius 3 is 2.58 bits per heavy atom. The van der Waals surface area contributed by atoms with E-state index in [4.69, 9.17) is 18.9 Å². The number of methoxy groups -OCH3 is 3. The number of carbonyl (C=O) groups is 4. The first-order valence-electron chi connectivity index (χ1n) is 17.8. The quantitative estimate of drug-likeness (QED) is 0.152. The number of aliphatic hydroxyl groups is 1. The number of fused-ring (bicyclic) bond motifs is 2. The van der Waals surface area contributed by atoms with Crippen molar-refractivity contribution in [2.45, 2.75) is 74.3 Å². The number of amides is 1. The van der Waals surface area contributed by atoms with Crippen LogP contribution in [0.2, 0.25) is 0 Å². The molecular formula is C39H46N4O9. The number of rotatable bonds is 11. The van der Waals surface area contributed by atoms with E-state index in [9.17, 15) is 24.3 Å². The number of nitrogens with zero attached hydrogens (tertiary/aromatic N) is 2. The number of aromatic nitrogens is 1. The zero-order valence-corrected chi connectivity index (χ0v) is 30.1. The summed E-state index contributed by atoms with van der Waals surface area (Å²) in [7, 11) is 5.90. The van der Waals surface area contributed by atoms with Gasteiger partial charge in [0.15, 0.2) is 6.10 Å². The maximum Gasteiger partial charge on any atom is 0.344 e. The van der Waals surface area contributed by atoms with Crippen LogP contribution >= 0.6 is 0 Å². The van der Waals surface area contributed by atoms with Gasteiger partial charge in [-0.05, 0) is 42.6 Å². The molecule has 1 amide bonds. The lowest BCUT2D eigenvalue weighted by atomic mass is 9.47. The zero-order valence-electron chi connectivity index (χ0n) is 30.1. The first kappa shape index (κ1) is 35.5. The Morgan fingerprint density at radius 1 is 1.06 bits per heavy atom. The van der Waals surface area contributed by atoms with Crippen LogP contribution in [-0.2, 0) is 45.2 Å². The van der Waals surface area contributed by atoms with E-state index >= 15 is 0 Å². The lowest BCUT2D eigenvalue weighted by Gasteiger charge is -2.63. The second-order valence-corrected chi connectivity index (χ2v) is 14.3. The molecule has 0 unspecified atom stereocenters. The predicted molar refractivity (Wildman–Crippen MR) is 191 cm³/mol. The largest absolute Gasteiger partial charge is 0.497 e. The summed E-state index contributed by atoms with van der Waals surface area (Å²) in [4.78, 5) is 61.4. The van der Waals surface area contributed by atoms with Crippen LogP contribution in [0.1, 0.15) is 43.7 Å². The Hall–Kier alpha value is -4.88. The fourth-order valence-electron chi connectivity index (χ4n) is 10.0. The summed E-state index contributed by atoms with van der Waals surface area (Å²) < 4.78 is 22.2. The number of aromatic amines is 1. The van der Waals surface area contributed by atoms with Crippen LogP contribution in [0, 0.1) is 5.41 Å². The number of benzene rings is 2. The van der Waals surface area contributed by atoms with E-state index in [1.165, 1.54) is 14.2 Å². The third kappa shape index (κ3) is 5.11. The van der Waals surface area contributed by atoms with Crippen LogP contribution in [0.15, 0.2) is 60.8 Å². The van der Waals surface area contributed by atoms with Gasteiger partial charge in [-0.15, -0.1) is 0 Å². The molecule has 7 rings (SSSR count). The fourth-order valence-corrected chi connectivity index (χ4v) is 10.0. The van der Waals surface area contributed by atoms with Crippen molar-refractivity contribution in [1.82, 2.24) is 15.2 Å². The Bertz CT molecular complexity index is 1940. The van der Waals surface area contributed by atoms with E-state index in [2.05, 4.69) is 15.2 Å². The van der Waals surface area contributed by atoms with Crippen LogP contribution in [0.3, 0.4) is 0 Å². The molecule has 0 bridgehead atoms. The molecule has 1 saturated carbocycles. The highest BCUT2D eigenvalue weighted by Gasteiger charge is 2.80. The van der Waals surface area contributed by atoms with Crippen molar-refractivity contribution in [2.75, 3.05) is 46.4 Å². The van der Waals surface area contributed by atoms with Crippen LogP contribution in [0.5, 0.6) is 5.75 Å². The summed E-state index contributed by atoms with van der Waals surface area (Å²) in [5.41, 5.74) is -0.451. The van der Waals surface area contributed by atoms with E-state index in [0.717, 1.165) is 27.7 Å². The highest BCUT2D eigenvalue weighted by Crippen LogP contribution is 2.67. The molecule has 4 aliphatic rings. The highest BCUT2D eigenvalue weighted by molar-refractivity contribution is 5.89. The van der Waals surface area contributed by atoms with Gasteiger partial charge >= 0.3 is 17.9 Å². The molecule has 1 spiro atoms. The number of hydrogen-bond acceptors (Lipinski definition) is 11. The number of ether oxygens (including phenoxy) is 4. The number of para-hydroxylation sites is 1. The molecular weight excluding hydrogens is 668 g/mol. The second-order valence-electron chi connectivity index (χ2n) is 14.3. The highest BCUT2D eigenvalue weighted by atomic mass is 16.6. The van der Waals surface area contributed by atoms with E-state index < -0.39 is 58.4 Å². The summed E-state index contributed by atoms with van der Waals surface area (Å²) in [6, 6.07) is 11.4. The normalized spacial score (nSPS) is 29.1. The molecule has 7 atom stereocenters. The smallest absolute Gasteiger partial charge is 0.344 e. The molecule has 2 aromatic carbocycles. The average Bonchev–Trinajstić information content (AvgIpc) is 3.84. The summed E-state index contributed by atoms with van der Waals surface area (Å²) in [6.45, 7) is 3.36. The van der Waals surface area contributed by atoms with Crippen LogP contribution in [0.25, 0.3) is 10.9 Å². The maximum atomic E-state index is 14.1. The molecule has 3 N–H and O–H groups in total. The Morgan fingerprint density at radius 2 is 1.85 bits per heavy atom. The monoisotopic (exact) mass is 714 g/mol. The van der Waals surface area contributed by atoms with Crippen LogP contribution in [-0.4, -0.2) is 110 Å². The van der Waals surface area contributed by atoms with E-state index in [-0.39, 0.29) is 25.3 Å². The first-order valence-corrected chi connectivity index (χ1v) is 17.8. The van der Waals surface area contributed by atoms with Gasteiger partial charge in [-0.3, -0.25) is 14.5 Å². The number of likely N-dealkylation sites (N-methyl/N-ethyl adjacent to an activating group) is 1. The van der Waals surface area contributed by atoms with Crippen LogP contribution < -0.4 is 15.0 Å². The predicted octanol–water partition coefficient (Wildman–Crippen LogP) is 2.78. The van der Waals surface area contributed by atoms with Gasteiger partial charge in [0.2, 0.25) is 11.5 Å². The molecule has 1 saturated heterocycles. The second kappa shape index (κ2) is 13.3. The van der Waals surface area contributed by atoms with Crippen molar-refractivity contribution < 1.29 is 43.2 Å². The SMILES string of the molecule is CC[C@]12C=CCN3CC[C@@]4(c5ccc(OC)cc5N(C)[C@H]4[C@@](O)(C(=O)OC)[C@@H]1OC(=O)CCC(=O)N[C@@H](Cc1c[nH]c4ccccc14)C(=O)OC)[C@@H]32. The first-order chi connectivity index (χ1) is 25.0. The van der Waals surface area contributed by atoms with Gasteiger partial charge < -0.3 is 39.3 Å². The van der Waals surface area contributed by atoms with Gasteiger partial charge in [0.25, 0.3) is 0 Å². The van der Waals surface area contributed by atoms with Crippen LogP contribution in [0.4, 0.5) is 5.69 Å². The topological polar surface area (TPSA) is 160 Å². The standard InChI is InChI=1S/C39H46N4O9/c1-6-37-16-9-18-43-19-17-38(33(37)43)26-13-12-24(49-3)21-29(26)42(2)34(38)39(48,36(47)51-5)35(37)52-31(45)15-14-30(44)41-28(32(46)50-4)20-23-22-40-27-11-8-7-10-25(23)27/h7-13,16,21-22,28,33-35,40,48H,6,14-15,17-20H2,1-5H3,(H,41,44)/t28-,33-,34+,35+,37+,38+,39-/m0/s1. The lowest BCUT2D eigenvalue weighted by Crippen LogP contribution is -2.81. The molecule has 276 valence electrons. The Balaban J connectivity index is 1.17. The summed E-state index contributed by atoms with van der Waals surface area (Å²) in [5.74, 6) is -2.20. The van der Waals surface area contributed by atoms with Crippen molar-refractivity contribution >= 4 is 40.4 Å². The van der Waals surface area contributed by atoms with Gasteiger partial charge in [0.05, 0.1) is 33.8 Å². The van der Waals surface area contributed by atoms with Gasteiger partial charge in [0, 0.05) is 72.2 Å². The zero-order chi connectivity index (χ0) is 37.0. The lowest BCUT2D eigenvalue weighted by molar-refractivity contribution is -0.229. The van der Waals surface area contributed by atoms with Gasteiger partial charge in [0.1, 0.15) is 11.8 Å². The minimum Gasteiger partial charge on any atom is -0.497 e. The molecule has 3 aromatic rings. The number of carbonyl (C=O) groups excluding carboxylic acids is 4. The summed E-state index contributed by atoms with van der Waals surface area (Å²) in [6.07, 6.45) is 5.08. The molecule has 0 radical (unpaired) electrons. The van der Waals surface area contributed by atoms with Crippen molar-refractivity contribution in [3.8, 4) is 5.75 Å². The summed E-state index contributed by atoms with van der Waals surface area (Å²) >= 11 is 0. The van der Waals surface area contributed by atoms with Crippen molar-refractivity contribution in [1.29, 1.82) is 0 Å². The third-order valence-electron chi connectivity index (χ3n) is 12.1. The van der Waals surface area contributed by atoms with Gasteiger partial charge in [-0.1, -0.05) is 43.3 Å². The van der Waals surface area contributed by atoms with Gasteiger partial charge in [-0.25, -0.2) is 9.59 Å². The molecule has 3 aliphatic heterocycles. The molecule has 1 aliphatic carbocycles. The molecule has 13 nitrogen and oxygen atoms in total. The number of anilines is 1. The fraction of sp³-hybridized carbons (Fsp3) is 0.487. The number of esters is 3. The van der Waals surface area contributed by atoms with Crippen molar-refractivity contribution in [3.63, 3.8) is 0 Å². The molecule has 4 heterocycles. The third-order valence-corrected chi connectivity index (χ3v) is 12.1. The maximum absolute atomic E-state index is 14.1. The minimum absolute atomic E-state index is 0.176. The number of hydrogen-bond donors (Lipinski definition) is 3. The van der Waals surface area contributed by atoms with E-state index in [0.29, 0.717) is 31.7 Å². The molecule has 1 aromatic heterocycles. The number of H-pyrrole nitrogens is 1.